The number of hydrogen-bond donors (Lipinski definition) is 1. The first-order valence-corrected chi connectivity index (χ1v) is 5.70. The van der Waals surface area contributed by atoms with E-state index >= 15 is 0 Å². The number of ether oxygens (including phenoxy) is 1. The third-order valence-electron chi connectivity index (χ3n) is 2.06. The quantitative estimate of drug-likeness (QED) is 0.441. The summed E-state index contributed by atoms with van der Waals surface area (Å²) in [6.07, 6.45) is 2.17. The van der Waals surface area contributed by atoms with Crippen molar-refractivity contribution >= 4 is 0 Å². The minimum absolute atomic E-state index is 0.800. The highest BCUT2D eigenvalue weighted by Gasteiger charge is 1.92. The second-order valence-corrected chi connectivity index (χ2v) is 4.23. The first-order valence-electron chi connectivity index (χ1n) is 5.70. The normalized spacial score (nSPS) is 10.9. The van der Waals surface area contributed by atoms with Gasteiger partial charge in [0.1, 0.15) is 0 Å². The van der Waals surface area contributed by atoms with Gasteiger partial charge in [-0.15, -0.1) is 6.58 Å². The van der Waals surface area contributed by atoms with E-state index in [-0.39, 0.29) is 0 Å². The van der Waals surface area contributed by atoms with Gasteiger partial charge in [-0.3, -0.25) is 0 Å². The molecular formula is C12H26N2O. The van der Waals surface area contributed by atoms with Gasteiger partial charge in [0.05, 0.1) is 13.2 Å². The summed E-state index contributed by atoms with van der Waals surface area (Å²) in [4.78, 5) is 2.20. The predicted octanol–water partition coefficient (Wildman–Crippen LogP) is 1.51. The van der Waals surface area contributed by atoms with Crippen LogP contribution in [-0.4, -0.2) is 51.8 Å². The van der Waals surface area contributed by atoms with Crippen LogP contribution in [0.5, 0.6) is 0 Å². The fourth-order valence-electron chi connectivity index (χ4n) is 1.14. The highest BCUT2D eigenvalue weighted by atomic mass is 16.5. The van der Waals surface area contributed by atoms with Gasteiger partial charge in [-0.2, -0.15) is 0 Å². The van der Waals surface area contributed by atoms with Crippen LogP contribution in [0.25, 0.3) is 0 Å². The second-order valence-electron chi connectivity index (χ2n) is 4.23. The molecule has 3 heteroatoms. The van der Waals surface area contributed by atoms with Gasteiger partial charge in [0.2, 0.25) is 0 Å². The summed E-state index contributed by atoms with van der Waals surface area (Å²) in [7, 11) is 4.20. The maximum absolute atomic E-state index is 5.44. The third-order valence-corrected chi connectivity index (χ3v) is 2.06. The van der Waals surface area contributed by atoms with Crippen LogP contribution in [0.1, 0.15) is 19.8 Å². The molecular weight excluding hydrogens is 188 g/mol. The number of nitrogens with one attached hydrogen (secondary N) is 1. The van der Waals surface area contributed by atoms with Crippen molar-refractivity contribution in [3.8, 4) is 0 Å². The van der Waals surface area contributed by atoms with Crippen molar-refractivity contribution in [2.24, 2.45) is 0 Å². The van der Waals surface area contributed by atoms with Crippen molar-refractivity contribution in [1.29, 1.82) is 0 Å². The number of rotatable bonds is 10. The van der Waals surface area contributed by atoms with Crippen molar-refractivity contribution in [1.82, 2.24) is 10.2 Å². The van der Waals surface area contributed by atoms with Crippen LogP contribution < -0.4 is 5.32 Å². The Kier molecular flexibility index (Phi) is 9.89. The summed E-state index contributed by atoms with van der Waals surface area (Å²) in [5, 5.41) is 3.35. The van der Waals surface area contributed by atoms with Crippen LogP contribution in [0.15, 0.2) is 12.2 Å². The van der Waals surface area contributed by atoms with Gasteiger partial charge in [-0.1, -0.05) is 5.57 Å². The Bertz CT molecular complexity index is 158. The SMILES string of the molecule is C=C(C)CCOCCNCCCN(C)C. The first-order chi connectivity index (χ1) is 7.13. The fraction of sp³-hybridized carbons (Fsp3) is 0.833. The van der Waals surface area contributed by atoms with Gasteiger partial charge in [-0.25, -0.2) is 0 Å². The van der Waals surface area contributed by atoms with Crippen molar-refractivity contribution in [3.63, 3.8) is 0 Å². The Morgan fingerprint density at radius 3 is 2.60 bits per heavy atom. The molecule has 0 aromatic rings. The summed E-state index contributed by atoms with van der Waals surface area (Å²) in [5.74, 6) is 0. The average molecular weight is 214 g/mol. The summed E-state index contributed by atoms with van der Waals surface area (Å²) < 4.78 is 5.44. The Morgan fingerprint density at radius 1 is 1.27 bits per heavy atom. The van der Waals surface area contributed by atoms with E-state index in [1.807, 2.05) is 6.92 Å². The molecule has 0 unspecified atom stereocenters. The molecule has 0 atom stereocenters. The molecule has 0 fully saturated rings. The summed E-state index contributed by atoms with van der Waals surface area (Å²) >= 11 is 0. The van der Waals surface area contributed by atoms with E-state index in [9.17, 15) is 0 Å². The van der Waals surface area contributed by atoms with Crippen LogP contribution in [0.2, 0.25) is 0 Å². The van der Waals surface area contributed by atoms with Crippen molar-refractivity contribution < 1.29 is 4.74 Å². The number of nitrogens with zero attached hydrogens (tertiary/aromatic N) is 1. The van der Waals surface area contributed by atoms with E-state index < -0.39 is 0 Å². The average Bonchev–Trinajstić information content (AvgIpc) is 2.14. The monoisotopic (exact) mass is 214 g/mol. The molecule has 0 bridgehead atoms. The molecule has 0 rings (SSSR count). The molecule has 0 saturated carbocycles. The lowest BCUT2D eigenvalue weighted by Gasteiger charge is -2.09. The van der Waals surface area contributed by atoms with Gasteiger partial charge in [0.15, 0.2) is 0 Å². The fourth-order valence-corrected chi connectivity index (χ4v) is 1.14. The minimum atomic E-state index is 0.800. The van der Waals surface area contributed by atoms with E-state index in [1.54, 1.807) is 0 Å². The summed E-state index contributed by atoms with van der Waals surface area (Å²) in [6, 6.07) is 0. The molecule has 0 spiro atoms. The van der Waals surface area contributed by atoms with E-state index in [2.05, 4.69) is 30.9 Å². The molecule has 0 saturated heterocycles. The lowest BCUT2D eigenvalue weighted by atomic mass is 10.3. The van der Waals surface area contributed by atoms with Crippen LogP contribution in [-0.2, 0) is 4.74 Å². The van der Waals surface area contributed by atoms with E-state index in [0.717, 1.165) is 39.3 Å². The Hall–Kier alpha value is -0.380. The molecule has 1 N–H and O–H groups in total. The van der Waals surface area contributed by atoms with Gasteiger partial charge in [0, 0.05) is 6.54 Å². The van der Waals surface area contributed by atoms with Crippen LogP contribution in [0.4, 0.5) is 0 Å². The molecule has 0 amide bonds. The van der Waals surface area contributed by atoms with Crippen LogP contribution in [0.3, 0.4) is 0 Å². The summed E-state index contributed by atoms with van der Waals surface area (Å²) in [5.41, 5.74) is 1.19. The smallest absolute Gasteiger partial charge is 0.0591 e. The van der Waals surface area contributed by atoms with Crippen molar-refractivity contribution in [2.45, 2.75) is 19.8 Å². The standard InChI is InChI=1S/C12H26N2O/c1-12(2)6-10-15-11-8-13-7-5-9-14(3)4/h13H,1,5-11H2,2-4H3. The van der Waals surface area contributed by atoms with E-state index in [0.29, 0.717) is 0 Å². The van der Waals surface area contributed by atoms with Crippen molar-refractivity contribution in [3.05, 3.63) is 12.2 Å². The van der Waals surface area contributed by atoms with Crippen molar-refractivity contribution in [2.75, 3.05) is 46.9 Å². The zero-order chi connectivity index (χ0) is 11.5. The zero-order valence-electron chi connectivity index (χ0n) is 10.5. The van der Waals surface area contributed by atoms with Gasteiger partial charge < -0.3 is 15.0 Å². The second kappa shape index (κ2) is 10.1. The van der Waals surface area contributed by atoms with Gasteiger partial charge in [0.25, 0.3) is 0 Å². The van der Waals surface area contributed by atoms with Crippen LogP contribution in [0, 0.1) is 0 Å². The highest BCUT2D eigenvalue weighted by Crippen LogP contribution is 1.94. The lowest BCUT2D eigenvalue weighted by Crippen LogP contribution is -2.24. The maximum atomic E-state index is 5.44. The lowest BCUT2D eigenvalue weighted by molar-refractivity contribution is 0.139. The molecule has 0 aromatic heterocycles. The molecule has 0 aliphatic rings. The van der Waals surface area contributed by atoms with Crippen LogP contribution >= 0.6 is 0 Å². The van der Waals surface area contributed by atoms with Gasteiger partial charge in [-0.05, 0) is 47.0 Å². The van der Waals surface area contributed by atoms with E-state index in [1.165, 1.54) is 12.0 Å². The molecule has 15 heavy (non-hydrogen) atoms. The van der Waals surface area contributed by atoms with Gasteiger partial charge >= 0.3 is 0 Å². The third kappa shape index (κ3) is 13.6. The molecule has 0 aliphatic carbocycles. The molecule has 0 radical (unpaired) electrons. The molecule has 0 heterocycles. The largest absolute Gasteiger partial charge is 0.380 e. The van der Waals surface area contributed by atoms with E-state index in [4.69, 9.17) is 4.74 Å². The maximum Gasteiger partial charge on any atom is 0.0591 e. The summed E-state index contributed by atoms with van der Waals surface area (Å²) in [6.45, 7) is 10.6. The Balaban J connectivity index is 2.96. The molecule has 0 aromatic carbocycles. The molecule has 0 aliphatic heterocycles. The molecule has 3 nitrogen and oxygen atoms in total. The zero-order valence-corrected chi connectivity index (χ0v) is 10.5. The Morgan fingerprint density at radius 2 is 2.00 bits per heavy atom. The minimum Gasteiger partial charge on any atom is -0.380 e. The predicted molar refractivity (Wildman–Crippen MR) is 66.3 cm³/mol. The Labute approximate surface area is 94.5 Å². The topological polar surface area (TPSA) is 24.5 Å². The highest BCUT2D eigenvalue weighted by molar-refractivity contribution is 4.86. The number of hydrogen-bond acceptors (Lipinski definition) is 3. The molecule has 90 valence electrons. The first kappa shape index (κ1) is 14.6.